The number of benzene rings is 1. The first-order valence-electron chi connectivity index (χ1n) is 7.31. The number of thiophene rings is 1. The van der Waals surface area contributed by atoms with E-state index < -0.39 is 0 Å². The van der Waals surface area contributed by atoms with Crippen LogP contribution in [-0.4, -0.2) is 25.2 Å². The molecule has 0 saturated carbocycles. The highest BCUT2D eigenvalue weighted by atomic mass is 35.5. The third-order valence-electron chi connectivity index (χ3n) is 3.42. The molecule has 0 aliphatic rings. The number of rotatable bonds is 6. The minimum Gasteiger partial charge on any atom is -0.405 e. The molecule has 5 nitrogen and oxygen atoms in total. The van der Waals surface area contributed by atoms with E-state index in [1.165, 1.54) is 17.5 Å². The first-order valence-corrected chi connectivity index (χ1v) is 8.50. The lowest BCUT2D eigenvalue weighted by Gasteiger charge is -2.16. The summed E-state index contributed by atoms with van der Waals surface area (Å²) in [5, 5.41) is 2.93. The van der Waals surface area contributed by atoms with Gasteiger partial charge in [0, 0.05) is 19.2 Å². The van der Waals surface area contributed by atoms with Gasteiger partial charge in [0.15, 0.2) is 0 Å². The zero-order valence-corrected chi connectivity index (χ0v) is 14.8. The number of carbonyl (C=O) groups excluding carboxylic acids is 1. The van der Waals surface area contributed by atoms with E-state index in [9.17, 15) is 4.79 Å². The van der Waals surface area contributed by atoms with E-state index in [-0.39, 0.29) is 11.9 Å². The zero-order chi connectivity index (χ0) is 17.5. The Morgan fingerprint density at radius 3 is 2.71 bits per heavy atom. The molecule has 2 aromatic rings. The van der Waals surface area contributed by atoms with Gasteiger partial charge in [0.25, 0.3) is 5.91 Å². The molecular formula is C17H19ClN4OS. The summed E-state index contributed by atoms with van der Waals surface area (Å²) in [6.45, 7) is 0.305. The Hall–Kier alpha value is -2.15. The van der Waals surface area contributed by atoms with Crippen LogP contribution < -0.4 is 16.8 Å². The molecule has 1 atom stereocenters. The van der Waals surface area contributed by atoms with Crippen molar-refractivity contribution < 1.29 is 4.79 Å². The summed E-state index contributed by atoms with van der Waals surface area (Å²) in [6, 6.07) is 11.0. The Labute approximate surface area is 150 Å². The lowest BCUT2D eigenvalue weighted by molar-refractivity contribution is 0.0942. The number of nitrogens with one attached hydrogen (secondary N) is 1. The van der Waals surface area contributed by atoms with Gasteiger partial charge in [-0.2, -0.15) is 0 Å². The van der Waals surface area contributed by atoms with Gasteiger partial charge in [-0.15, -0.1) is 11.3 Å². The molecule has 126 valence electrons. The van der Waals surface area contributed by atoms with Gasteiger partial charge in [0.2, 0.25) is 0 Å². The van der Waals surface area contributed by atoms with Gasteiger partial charge in [-0.3, -0.25) is 9.79 Å². The SMILES string of the molecule is CN=C(C=CN)c1cc(C(=O)N[C@H](CN)c2ccccc2)sc1Cl. The van der Waals surface area contributed by atoms with Gasteiger partial charge < -0.3 is 16.8 Å². The van der Waals surface area contributed by atoms with E-state index >= 15 is 0 Å². The minimum atomic E-state index is -0.258. The lowest BCUT2D eigenvalue weighted by Crippen LogP contribution is -2.32. The minimum absolute atomic E-state index is 0.223. The molecule has 0 saturated heterocycles. The van der Waals surface area contributed by atoms with Crippen molar-refractivity contribution in [2.24, 2.45) is 16.5 Å². The summed E-state index contributed by atoms with van der Waals surface area (Å²) in [5.74, 6) is -0.223. The average molecular weight is 363 g/mol. The van der Waals surface area contributed by atoms with Crippen molar-refractivity contribution in [3.63, 3.8) is 0 Å². The van der Waals surface area contributed by atoms with Gasteiger partial charge in [-0.25, -0.2) is 0 Å². The predicted octanol–water partition coefficient (Wildman–Crippen LogP) is 2.72. The maximum absolute atomic E-state index is 12.5. The Balaban J connectivity index is 2.21. The van der Waals surface area contributed by atoms with Crippen LogP contribution >= 0.6 is 22.9 Å². The molecule has 0 radical (unpaired) electrons. The van der Waals surface area contributed by atoms with Crippen molar-refractivity contribution in [2.45, 2.75) is 6.04 Å². The molecule has 0 fully saturated rings. The van der Waals surface area contributed by atoms with Crippen LogP contribution in [-0.2, 0) is 0 Å². The second-order valence-electron chi connectivity index (χ2n) is 4.94. The van der Waals surface area contributed by atoms with Crippen LogP contribution in [0, 0.1) is 0 Å². The number of nitrogens with two attached hydrogens (primary N) is 2. The van der Waals surface area contributed by atoms with Gasteiger partial charge >= 0.3 is 0 Å². The van der Waals surface area contributed by atoms with Gasteiger partial charge in [0.1, 0.15) is 4.34 Å². The van der Waals surface area contributed by atoms with Crippen LogP contribution in [0.4, 0.5) is 0 Å². The quantitative estimate of drug-likeness (QED) is 0.689. The van der Waals surface area contributed by atoms with Crippen molar-refractivity contribution in [2.75, 3.05) is 13.6 Å². The predicted molar refractivity (Wildman–Crippen MR) is 101 cm³/mol. The lowest BCUT2D eigenvalue weighted by atomic mass is 10.1. The van der Waals surface area contributed by atoms with Crippen LogP contribution in [0.3, 0.4) is 0 Å². The third kappa shape index (κ3) is 4.23. The smallest absolute Gasteiger partial charge is 0.261 e. The summed E-state index contributed by atoms with van der Waals surface area (Å²) < 4.78 is 0.489. The Bertz CT molecular complexity index is 755. The molecule has 0 aliphatic carbocycles. The summed E-state index contributed by atoms with van der Waals surface area (Å²) >= 11 is 7.44. The first-order chi connectivity index (χ1) is 11.6. The van der Waals surface area contributed by atoms with E-state index in [0.717, 1.165) is 5.56 Å². The first kappa shape index (κ1) is 18.2. The highest BCUT2D eigenvalue weighted by molar-refractivity contribution is 7.18. The molecule has 5 N–H and O–H groups in total. The highest BCUT2D eigenvalue weighted by Gasteiger charge is 2.19. The van der Waals surface area contributed by atoms with E-state index in [0.29, 0.717) is 27.0 Å². The standard InChI is InChI=1S/C17H19ClN4OS/c1-21-13(7-8-19)12-9-15(24-16(12)18)17(23)22-14(10-20)11-5-3-2-4-6-11/h2-9,14H,10,19-20H2,1H3,(H,22,23)/t14-/m1/s1. The van der Waals surface area contributed by atoms with Crippen LogP contribution in [0.25, 0.3) is 0 Å². The molecule has 2 rings (SSSR count). The largest absolute Gasteiger partial charge is 0.405 e. The van der Waals surface area contributed by atoms with Gasteiger partial charge in [0.05, 0.1) is 16.6 Å². The fourth-order valence-corrected chi connectivity index (χ4v) is 3.42. The van der Waals surface area contributed by atoms with Crippen molar-refractivity contribution in [1.29, 1.82) is 0 Å². The molecule has 1 aromatic heterocycles. The number of aliphatic imine (C=N–C) groups is 1. The molecule has 0 unspecified atom stereocenters. The van der Waals surface area contributed by atoms with Crippen molar-refractivity contribution >= 4 is 34.6 Å². The van der Waals surface area contributed by atoms with Crippen molar-refractivity contribution in [1.82, 2.24) is 5.32 Å². The topological polar surface area (TPSA) is 93.5 Å². The second kappa shape index (κ2) is 8.63. The monoisotopic (exact) mass is 362 g/mol. The molecule has 24 heavy (non-hydrogen) atoms. The number of allylic oxidation sites excluding steroid dienone is 1. The van der Waals surface area contributed by atoms with Crippen molar-refractivity contribution in [3.8, 4) is 0 Å². The Morgan fingerprint density at radius 2 is 2.12 bits per heavy atom. The maximum atomic E-state index is 12.5. The maximum Gasteiger partial charge on any atom is 0.261 e. The molecule has 1 amide bonds. The zero-order valence-electron chi connectivity index (χ0n) is 13.2. The molecule has 0 bridgehead atoms. The highest BCUT2D eigenvalue weighted by Crippen LogP contribution is 2.29. The number of halogens is 1. The fraction of sp³-hybridized carbons (Fsp3) is 0.176. The van der Waals surface area contributed by atoms with Crippen LogP contribution in [0.15, 0.2) is 53.7 Å². The van der Waals surface area contributed by atoms with E-state index in [1.54, 1.807) is 19.2 Å². The number of amides is 1. The molecule has 0 aliphatic heterocycles. The number of hydrogen-bond donors (Lipinski definition) is 3. The summed E-state index contributed by atoms with van der Waals surface area (Å²) in [7, 11) is 1.64. The van der Waals surface area contributed by atoms with Crippen LogP contribution in [0.1, 0.15) is 26.8 Å². The summed E-state index contributed by atoms with van der Waals surface area (Å²) in [4.78, 5) is 17.1. The van der Waals surface area contributed by atoms with E-state index in [1.807, 2.05) is 30.3 Å². The molecule has 7 heteroatoms. The van der Waals surface area contributed by atoms with E-state index in [4.69, 9.17) is 23.1 Å². The van der Waals surface area contributed by atoms with Crippen LogP contribution in [0.2, 0.25) is 4.34 Å². The summed E-state index contributed by atoms with van der Waals surface area (Å²) in [5.41, 5.74) is 13.5. The third-order valence-corrected chi connectivity index (χ3v) is 4.78. The molecule has 1 heterocycles. The molecule has 0 spiro atoms. The number of hydrogen-bond acceptors (Lipinski definition) is 5. The van der Waals surface area contributed by atoms with Crippen LogP contribution in [0.5, 0.6) is 0 Å². The van der Waals surface area contributed by atoms with Crippen molar-refractivity contribution in [3.05, 3.63) is 69.0 Å². The second-order valence-corrected chi connectivity index (χ2v) is 6.59. The Morgan fingerprint density at radius 1 is 1.42 bits per heavy atom. The van der Waals surface area contributed by atoms with E-state index in [2.05, 4.69) is 10.3 Å². The average Bonchev–Trinajstić information content (AvgIpc) is 3.00. The molecule has 1 aromatic carbocycles. The van der Waals surface area contributed by atoms with Gasteiger partial charge in [-0.1, -0.05) is 41.9 Å². The number of nitrogens with zero attached hydrogens (tertiary/aromatic N) is 1. The van der Waals surface area contributed by atoms with Gasteiger partial charge in [-0.05, 0) is 23.9 Å². The fourth-order valence-electron chi connectivity index (χ4n) is 2.22. The summed E-state index contributed by atoms with van der Waals surface area (Å²) in [6.07, 6.45) is 3.03. The Kier molecular flexibility index (Phi) is 6.54. The normalized spacial score (nSPS) is 13.2. The molecular weight excluding hydrogens is 344 g/mol. The number of carbonyl (C=O) groups is 1.